The second-order valence-electron chi connectivity index (χ2n) is 7.43. The zero-order chi connectivity index (χ0) is 20.4. The van der Waals surface area contributed by atoms with E-state index >= 15 is 0 Å². The topological polar surface area (TPSA) is 55.4 Å². The van der Waals surface area contributed by atoms with Gasteiger partial charge in [0.1, 0.15) is 6.04 Å². The molecule has 0 unspecified atom stereocenters. The maximum absolute atomic E-state index is 13.6. The predicted octanol–water partition coefficient (Wildman–Crippen LogP) is 4.90. The van der Waals surface area contributed by atoms with E-state index in [1.165, 1.54) is 0 Å². The number of esters is 1. The molecule has 0 aliphatic rings. The lowest BCUT2D eigenvalue weighted by Crippen LogP contribution is -2.53. The minimum atomic E-state index is -4.69. The van der Waals surface area contributed by atoms with Crippen molar-refractivity contribution in [3.8, 4) is 0 Å². The second kappa shape index (κ2) is 12.0. The summed E-state index contributed by atoms with van der Waals surface area (Å²) in [6.07, 6.45) is 0.788. The maximum Gasteiger partial charge on any atom is 0.405 e. The van der Waals surface area contributed by atoms with Crippen molar-refractivity contribution in [2.45, 2.75) is 96.5 Å². The number of carbonyl (C=O) groups is 1. The molecule has 0 aliphatic heterocycles. The first-order chi connectivity index (χ1) is 11.9. The fourth-order valence-corrected chi connectivity index (χ4v) is 3.37. The Morgan fingerprint density at radius 3 is 2.04 bits per heavy atom. The number of hydrogen-bond donors (Lipinski definition) is 1. The number of nitrogens with one attached hydrogen (secondary N) is 1. The van der Waals surface area contributed by atoms with Crippen LogP contribution in [0, 0.1) is 5.92 Å². The molecule has 0 spiro atoms. The number of rotatable bonds is 12. The lowest BCUT2D eigenvalue weighted by molar-refractivity contribution is -0.179. The van der Waals surface area contributed by atoms with Crippen molar-refractivity contribution in [1.29, 1.82) is 0 Å². The molecule has 0 fully saturated rings. The third-order valence-corrected chi connectivity index (χ3v) is 5.58. The molecule has 0 aliphatic carbocycles. The molecule has 0 aromatic heterocycles. The Hall–Kier alpha value is -0.630. The number of hydrogen-bond acceptors (Lipinski definition) is 3. The molecule has 4 nitrogen and oxygen atoms in total. The number of ether oxygens (including phenoxy) is 1. The highest BCUT2D eigenvalue weighted by Gasteiger charge is 2.49. The minimum absolute atomic E-state index is 0.0127. The SMILES string of the molecule is CCCCCCCC[C@@H](C(=O)OCC)[C@@H](N[S@](=O)C(C)(C)C)C(F)(F)F. The van der Waals surface area contributed by atoms with Gasteiger partial charge in [-0.25, -0.2) is 8.93 Å². The highest BCUT2D eigenvalue weighted by atomic mass is 32.2. The zero-order valence-corrected chi connectivity index (χ0v) is 17.4. The van der Waals surface area contributed by atoms with Crippen LogP contribution in [-0.2, 0) is 20.5 Å². The maximum atomic E-state index is 13.6. The van der Waals surface area contributed by atoms with Crippen molar-refractivity contribution < 1.29 is 26.9 Å². The lowest BCUT2D eigenvalue weighted by Gasteiger charge is -2.30. The quantitative estimate of drug-likeness (QED) is 0.374. The first-order valence-electron chi connectivity index (χ1n) is 9.36. The van der Waals surface area contributed by atoms with Gasteiger partial charge in [-0.1, -0.05) is 45.4 Å². The van der Waals surface area contributed by atoms with E-state index in [9.17, 15) is 22.2 Å². The normalized spacial score (nSPS) is 16.2. The molecule has 1 N–H and O–H groups in total. The molecule has 8 heteroatoms. The van der Waals surface area contributed by atoms with E-state index in [1.54, 1.807) is 27.7 Å². The summed E-state index contributed by atoms with van der Waals surface area (Å²) in [4.78, 5) is 12.2. The highest BCUT2D eigenvalue weighted by molar-refractivity contribution is 7.84. The third-order valence-electron chi connectivity index (χ3n) is 4.00. The molecule has 156 valence electrons. The van der Waals surface area contributed by atoms with Crippen LogP contribution in [0.2, 0.25) is 0 Å². The van der Waals surface area contributed by atoms with Crippen molar-refractivity contribution in [2.75, 3.05) is 6.61 Å². The van der Waals surface area contributed by atoms with Crippen LogP contribution < -0.4 is 4.72 Å². The van der Waals surface area contributed by atoms with Crippen molar-refractivity contribution in [2.24, 2.45) is 5.92 Å². The first-order valence-corrected chi connectivity index (χ1v) is 10.5. The summed E-state index contributed by atoms with van der Waals surface area (Å²) in [7, 11) is -1.94. The molecule has 0 rings (SSSR count). The molecule has 0 radical (unpaired) electrons. The fourth-order valence-electron chi connectivity index (χ4n) is 2.48. The Morgan fingerprint density at radius 2 is 1.58 bits per heavy atom. The molecule has 0 aromatic carbocycles. The van der Waals surface area contributed by atoms with Crippen LogP contribution in [0.4, 0.5) is 13.2 Å². The van der Waals surface area contributed by atoms with E-state index < -0.39 is 39.8 Å². The van der Waals surface area contributed by atoms with Gasteiger partial charge in [-0.3, -0.25) is 4.79 Å². The molecule has 0 bridgehead atoms. The fraction of sp³-hybridized carbons (Fsp3) is 0.944. The standard InChI is InChI=1S/C18H34F3NO3S/c1-6-8-9-10-11-12-13-14(16(23)25-7-2)15(18(19,20)21)22-26(24)17(3,4)5/h14-15,22H,6-13H2,1-5H3/t14-,15-,26-/m1/s1. The number of carbonyl (C=O) groups excluding carboxylic acids is 1. The summed E-state index contributed by atoms with van der Waals surface area (Å²) in [5.41, 5.74) is 0. The van der Waals surface area contributed by atoms with Crippen molar-refractivity contribution in [1.82, 2.24) is 4.72 Å². The summed E-state index contributed by atoms with van der Waals surface area (Å²) in [6, 6.07) is -2.18. The van der Waals surface area contributed by atoms with E-state index in [-0.39, 0.29) is 13.0 Å². The van der Waals surface area contributed by atoms with E-state index in [1.807, 2.05) is 0 Å². The van der Waals surface area contributed by atoms with Gasteiger partial charge < -0.3 is 4.74 Å². The summed E-state index contributed by atoms with van der Waals surface area (Å²) >= 11 is 0. The molecule has 0 saturated heterocycles. The summed E-state index contributed by atoms with van der Waals surface area (Å²) in [5, 5.41) is 0. The van der Waals surface area contributed by atoms with Crippen LogP contribution >= 0.6 is 0 Å². The Labute approximate surface area is 158 Å². The van der Waals surface area contributed by atoms with Crippen LogP contribution in [0.3, 0.4) is 0 Å². The van der Waals surface area contributed by atoms with Crippen molar-refractivity contribution in [3.05, 3.63) is 0 Å². The van der Waals surface area contributed by atoms with E-state index in [2.05, 4.69) is 11.6 Å². The Balaban J connectivity index is 5.15. The predicted molar refractivity (Wildman–Crippen MR) is 99.0 cm³/mol. The summed E-state index contributed by atoms with van der Waals surface area (Å²) < 4.78 is 59.1. The lowest BCUT2D eigenvalue weighted by atomic mass is 9.93. The van der Waals surface area contributed by atoms with Crippen LogP contribution in [0.1, 0.15) is 79.6 Å². The number of halogens is 3. The largest absolute Gasteiger partial charge is 0.466 e. The van der Waals surface area contributed by atoms with Gasteiger partial charge in [-0.2, -0.15) is 13.2 Å². The number of alkyl halides is 3. The van der Waals surface area contributed by atoms with Crippen molar-refractivity contribution >= 4 is 17.0 Å². The van der Waals surface area contributed by atoms with Crippen LogP contribution in [0.15, 0.2) is 0 Å². The molecule has 0 heterocycles. The molecule has 0 amide bonds. The van der Waals surface area contributed by atoms with E-state index in [0.717, 1.165) is 32.1 Å². The average Bonchev–Trinajstić information content (AvgIpc) is 2.50. The Morgan fingerprint density at radius 1 is 1.04 bits per heavy atom. The van der Waals surface area contributed by atoms with Crippen LogP contribution in [0.5, 0.6) is 0 Å². The summed E-state index contributed by atoms with van der Waals surface area (Å²) in [5.74, 6) is -2.28. The zero-order valence-electron chi connectivity index (χ0n) is 16.6. The second-order valence-corrected chi connectivity index (χ2v) is 9.43. The minimum Gasteiger partial charge on any atom is -0.466 e. The van der Waals surface area contributed by atoms with E-state index in [4.69, 9.17) is 4.74 Å². The van der Waals surface area contributed by atoms with Gasteiger partial charge in [0.15, 0.2) is 0 Å². The van der Waals surface area contributed by atoms with Crippen LogP contribution in [0.25, 0.3) is 0 Å². The van der Waals surface area contributed by atoms with Gasteiger partial charge in [0.2, 0.25) is 0 Å². The number of unbranched alkanes of at least 4 members (excludes halogenated alkanes) is 5. The molecule has 3 atom stereocenters. The van der Waals surface area contributed by atoms with E-state index in [0.29, 0.717) is 6.42 Å². The van der Waals surface area contributed by atoms with Crippen molar-refractivity contribution in [3.63, 3.8) is 0 Å². The molecule has 0 aromatic rings. The molecule has 0 saturated carbocycles. The van der Waals surface area contributed by atoms with Gasteiger partial charge in [-0.05, 0) is 34.1 Å². The smallest absolute Gasteiger partial charge is 0.405 e. The molecular formula is C18H34F3NO3S. The van der Waals surface area contributed by atoms with Gasteiger partial charge in [0, 0.05) is 0 Å². The van der Waals surface area contributed by atoms with Gasteiger partial charge in [0.25, 0.3) is 0 Å². The van der Waals surface area contributed by atoms with Crippen LogP contribution in [-0.4, -0.2) is 33.8 Å². The highest BCUT2D eigenvalue weighted by Crippen LogP contribution is 2.31. The monoisotopic (exact) mass is 401 g/mol. The summed E-state index contributed by atoms with van der Waals surface area (Å²) in [6.45, 7) is 8.40. The Kier molecular flexibility index (Phi) is 11.7. The van der Waals surface area contributed by atoms with Gasteiger partial charge in [0.05, 0.1) is 28.3 Å². The van der Waals surface area contributed by atoms with Gasteiger partial charge in [-0.15, -0.1) is 0 Å². The third kappa shape index (κ3) is 9.90. The molecular weight excluding hydrogens is 367 g/mol. The van der Waals surface area contributed by atoms with Gasteiger partial charge >= 0.3 is 12.1 Å². The Bertz CT molecular complexity index is 436. The molecule has 26 heavy (non-hydrogen) atoms. The average molecular weight is 402 g/mol. The first kappa shape index (κ1) is 25.4.